The second kappa shape index (κ2) is 9.68. The van der Waals surface area contributed by atoms with Gasteiger partial charge in [-0.25, -0.2) is 8.42 Å². The summed E-state index contributed by atoms with van der Waals surface area (Å²) < 4.78 is 25.8. The maximum atomic E-state index is 12.1. The Hall–Kier alpha value is -1.41. The van der Waals surface area contributed by atoms with E-state index in [4.69, 9.17) is 23.2 Å². The van der Waals surface area contributed by atoms with Crippen LogP contribution in [0.4, 0.5) is 11.4 Å². The number of amides is 1. The molecule has 2 N–H and O–H groups in total. The van der Waals surface area contributed by atoms with Crippen LogP contribution in [0.2, 0.25) is 10.0 Å². The molecule has 0 aliphatic heterocycles. The fourth-order valence-corrected chi connectivity index (χ4v) is 4.28. The van der Waals surface area contributed by atoms with E-state index in [9.17, 15) is 13.2 Å². The summed E-state index contributed by atoms with van der Waals surface area (Å²) in [5.41, 5.74) is 2.76. The van der Waals surface area contributed by atoms with Crippen molar-refractivity contribution in [2.45, 2.75) is 19.6 Å². The Kier molecular flexibility index (Phi) is 7.85. The lowest BCUT2D eigenvalue weighted by Crippen LogP contribution is -2.16. The van der Waals surface area contributed by atoms with Crippen molar-refractivity contribution in [3.8, 4) is 0 Å². The highest BCUT2D eigenvalue weighted by molar-refractivity contribution is 7.99. The maximum absolute atomic E-state index is 12.1. The third kappa shape index (κ3) is 6.92. The van der Waals surface area contributed by atoms with Gasteiger partial charge in [0.1, 0.15) is 0 Å². The van der Waals surface area contributed by atoms with Crippen LogP contribution in [0.15, 0.2) is 36.4 Å². The molecule has 146 valence electrons. The van der Waals surface area contributed by atoms with Gasteiger partial charge < -0.3 is 5.32 Å². The predicted octanol–water partition coefficient (Wildman–Crippen LogP) is 4.94. The Labute approximate surface area is 173 Å². The lowest BCUT2D eigenvalue weighted by molar-refractivity contribution is -0.113. The molecule has 0 saturated heterocycles. The maximum Gasteiger partial charge on any atom is 0.234 e. The lowest BCUT2D eigenvalue weighted by atomic mass is 10.2. The summed E-state index contributed by atoms with van der Waals surface area (Å²) in [4.78, 5) is 12.1. The standard InChI is InChI=1S/C18H20Cl2N2O3S2/c1-3-27(24,25)22-17-7-6-15(8-12(17)2)21-18(23)11-26-10-13-4-5-14(19)9-16(13)20/h4-9,22H,3,10-11H2,1-2H3,(H,21,23). The molecule has 0 unspecified atom stereocenters. The SMILES string of the molecule is CCS(=O)(=O)Nc1ccc(NC(=O)CSCc2ccc(Cl)cc2Cl)cc1C. The van der Waals surface area contributed by atoms with Crippen LogP contribution in [-0.2, 0) is 20.6 Å². The fraction of sp³-hybridized carbons (Fsp3) is 0.278. The van der Waals surface area contributed by atoms with Gasteiger partial charge in [0.05, 0.1) is 17.2 Å². The molecule has 0 heterocycles. The minimum absolute atomic E-state index is 0.000212. The smallest absolute Gasteiger partial charge is 0.234 e. The molecule has 2 rings (SSSR count). The molecule has 0 aliphatic rings. The Morgan fingerprint density at radius 3 is 2.52 bits per heavy atom. The lowest BCUT2D eigenvalue weighted by Gasteiger charge is -2.12. The second-order valence-corrected chi connectivity index (χ2v) is 9.65. The number of anilines is 2. The summed E-state index contributed by atoms with van der Waals surface area (Å²) >= 11 is 13.4. The highest BCUT2D eigenvalue weighted by atomic mass is 35.5. The van der Waals surface area contributed by atoms with Crippen LogP contribution in [-0.4, -0.2) is 25.8 Å². The molecule has 2 aromatic rings. The first-order valence-electron chi connectivity index (χ1n) is 8.13. The van der Waals surface area contributed by atoms with E-state index in [0.717, 1.165) is 11.1 Å². The Morgan fingerprint density at radius 2 is 1.89 bits per heavy atom. The number of hydrogen-bond donors (Lipinski definition) is 2. The number of thioether (sulfide) groups is 1. The van der Waals surface area contributed by atoms with Crippen LogP contribution in [0.25, 0.3) is 0 Å². The number of hydrogen-bond acceptors (Lipinski definition) is 4. The molecule has 0 spiro atoms. The molecule has 0 radical (unpaired) electrons. The van der Waals surface area contributed by atoms with Crippen LogP contribution in [0.3, 0.4) is 0 Å². The van der Waals surface area contributed by atoms with Crippen molar-refractivity contribution >= 4 is 62.3 Å². The zero-order valence-corrected chi connectivity index (χ0v) is 18.0. The number of sulfonamides is 1. The van der Waals surface area contributed by atoms with Crippen LogP contribution >= 0.6 is 35.0 Å². The summed E-state index contributed by atoms with van der Waals surface area (Å²) in [7, 11) is -3.34. The van der Waals surface area contributed by atoms with Crippen molar-refractivity contribution < 1.29 is 13.2 Å². The van der Waals surface area contributed by atoms with E-state index in [2.05, 4.69) is 10.0 Å². The van der Waals surface area contributed by atoms with Crippen LogP contribution in [0, 0.1) is 6.92 Å². The third-order valence-corrected chi connectivity index (χ3v) is 6.52. The Morgan fingerprint density at radius 1 is 1.15 bits per heavy atom. The van der Waals surface area contributed by atoms with Crippen molar-refractivity contribution in [1.29, 1.82) is 0 Å². The minimum atomic E-state index is -3.34. The van der Waals surface area contributed by atoms with Crippen molar-refractivity contribution in [2.24, 2.45) is 0 Å². The first-order chi connectivity index (χ1) is 12.7. The number of benzene rings is 2. The van der Waals surface area contributed by atoms with Gasteiger partial charge in [-0.05, 0) is 55.3 Å². The van der Waals surface area contributed by atoms with E-state index < -0.39 is 10.0 Å². The van der Waals surface area contributed by atoms with Gasteiger partial charge in [-0.1, -0.05) is 29.3 Å². The van der Waals surface area contributed by atoms with Crippen LogP contribution in [0.1, 0.15) is 18.1 Å². The van der Waals surface area contributed by atoms with Gasteiger partial charge in [0.2, 0.25) is 15.9 Å². The molecular weight excluding hydrogens is 427 g/mol. The summed E-state index contributed by atoms with van der Waals surface area (Å²) in [5, 5.41) is 3.96. The van der Waals surface area contributed by atoms with Gasteiger partial charge in [-0.2, -0.15) is 0 Å². The molecule has 9 heteroatoms. The molecule has 0 aliphatic carbocycles. The first kappa shape index (κ1) is 21.9. The topological polar surface area (TPSA) is 75.3 Å². The highest BCUT2D eigenvalue weighted by Crippen LogP contribution is 2.25. The Balaban J connectivity index is 1.89. The molecule has 1 amide bonds. The van der Waals surface area contributed by atoms with Gasteiger partial charge in [0.15, 0.2) is 0 Å². The first-order valence-corrected chi connectivity index (χ1v) is 11.7. The average molecular weight is 447 g/mol. The minimum Gasteiger partial charge on any atom is -0.325 e. The number of carbonyl (C=O) groups is 1. The zero-order valence-electron chi connectivity index (χ0n) is 14.9. The molecule has 0 bridgehead atoms. The highest BCUT2D eigenvalue weighted by Gasteiger charge is 2.10. The molecule has 5 nitrogen and oxygen atoms in total. The van der Waals surface area contributed by atoms with E-state index in [0.29, 0.717) is 27.2 Å². The van der Waals surface area contributed by atoms with Gasteiger partial charge in [-0.15, -0.1) is 11.8 Å². The predicted molar refractivity (Wildman–Crippen MR) is 116 cm³/mol. The fourth-order valence-electron chi connectivity index (χ4n) is 2.19. The normalized spacial score (nSPS) is 11.3. The summed E-state index contributed by atoms with van der Waals surface area (Å²) in [6.45, 7) is 3.35. The van der Waals surface area contributed by atoms with E-state index in [1.54, 1.807) is 44.2 Å². The van der Waals surface area contributed by atoms with E-state index in [1.165, 1.54) is 11.8 Å². The van der Waals surface area contributed by atoms with Gasteiger partial charge in [-0.3, -0.25) is 9.52 Å². The number of rotatable bonds is 8. The number of nitrogens with one attached hydrogen (secondary N) is 2. The second-order valence-electron chi connectivity index (χ2n) is 5.81. The largest absolute Gasteiger partial charge is 0.325 e. The van der Waals surface area contributed by atoms with Crippen molar-refractivity contribution in [3.63, 3.8) is 0 Å². The molecule has 0 saturated carbocycles. The number of carbonyl (C=O) groups excluding carboxylic acids is 1. The van der Waals surface area contributed by atoms with Gasteiger partial charge >= 0.3 is 0 Å². The zero-order chi connectivity index (χ0) is 20.0. The molecule has 27 heavy (non-hydrogen) atoms. The summed E-state index contributed by atoms with van der Waals surface area (Å²) in [6, 6.07) is 10.3. The van der Waals surface area contributed by atoms with Crippen molar-refractivity contribution in [2.75, 3.05) is 21.5 Å². The van der Waals surface area contributed by atoms with Gasteiger partial charge in [0, 0.05) is 21.5 Å². The molecular formula is C18H20Cl2N2O3S2. The monoisotopic (exact) mass is 446 g/mol. The van der Waals surface area contributed by atoms with E-state index >= 15 is 0 Å². The van der Waals surface area contributed by atoms with Gasteiger partial charge in [0.25, 0.3) is 0 Å². The van der Waals surface area contributed by atoms with Crippen LogP contribution < -0.4 is 10.0 Å². The van der Waals surface area contributed by atoms with E-state index in [-0.39, 0.29) is 17.4 Å². The van der Waals surface area contributed by atoms with Crippen molar-refractivity contribution in [3.05, 3.63) is 57.6 Å². The molecule has 2 aromatic carbocycles. The summed E-state index contributed by atoms with van der Waals surface area (Å²) in [6.07, 6.45) is 0. The Bertz CT molecular complexity index is 934. The number of aryl methyl sites for hydroxylation is 1. The molecule has 0 atom stereocenters. The number of halogens is 2. The van der Waals surface area contributed by atoms with Crippen LogP contribution in [0.5, 0.6) is 0 Å². The molecule has 0 fully saturated rings. The molecule has 0 aromatic heterocycles. The van der Waals surface area contributed by atoms with E-state index in [1.807, 2.05) is 6.07 Å². The average Bonchev–Trinajstić information content (AvgIpc) is 2.59. The quantitative estimate of drug-likeness (QED) is 0.602. The summed E-state index contributed by atoms with van der Waals surface area (Å²) in [5.74, 6) is 0.716. The third-order valence-electron chi connectivity index (χ3n) is 3.66. The van der Waals surface area contributed by atoms with Crippen molar-refractivity contribution in [1.82, 2.24) is 0 Å².